The molecule has 1 N–H and O–H groups in total. The van der Waals surface area contributed by atoms with Crippen LogP contribution in [0.25, 0.3) is 0 Å². The monoisotopic (exact) mass is 265 g/mol. The van der Waals surface area contributed by atoms with Gasteiger partial charge in [0.2, 0.25) is 5.82 Å². The molecule has 1 aliphatic rings. The average Bonchev–Trinajstić information content (AvgIpc) is 3.23. The second kappa shape index (κ2) is 5.97. The SMILES string of the molecule is COCCC1(CNc2ccnc(C(=O)OC)n2)CC1. The summed E-state index contributed by atoms with van der Waals surface area (Å²) >= 11 is 0. The number of ether oxygens (including phenoxy) is 2. The van der Waals surface area contributed by atoms with Gasteiger partial charge in [-0.05, 0) is 30.7 Å². The molecule has 0 amide bonds. The fraction of sp³-hybridized carbons (Fsp3) is 0.615. The second-order valence-electron chi connectivity index (χ2n) is 4.85. The highest BCUT2D eigenvalue weighted by atomic mass is 16.5. The van der Waals surface area contributed by atoms with Crippen LogP contribution in [0.5, 0.6) is 0 Å². The summed E-state index contributed by atoms with van der Waals surface area (Å²) in [5.74, 6) is 0.206. The van der Waals surface area contributed by atoms with Gasteiger partial charge in [0.25, 0.3) is 0 Å². The van der Waals surface area contributed by atoms with Gasteiger partial charge in [0.15, 0.2) is 0 Å². The molecule has 104 valence electrons. The van der Waals surface area contributed by atoms with Gasteiger partial charge in [-0.1, -0.05) is 0 Å². The normalized spacial score (nSPS) is 15.9. The second-order valence-corrected chi connectivity index (χ2v) is 4.85. The van der Waals surface area contributed by atoms with Gasteiger partial charge in [0.1, 0.15) is 5.82 Å². The van der Waals surface area contributed by atoms with Crippen molar-refractivity contribution < 1.29 is 14.3 Å². The van der Waals surface area contributed by atoms with Gasteiger partial charge < -0.3 is 14.8 Å². The molecule has 6 heteroatoms. The van der Waals surface area contributed by atoms with Crippen molar-refractivity contribution in [3.63, 3.8) is 0 Å². The minimum Gasteiger partial charge on any atom is -0.463 e. The predicted molar refractivity (Wildman–Crippen MR) is 70.0 cm³/mol. The lowest BCUT2D eigenvalue weighted by atomic mass is 10.0. The van der Waals surface area contributed by atoms with Crippen molar-refractivity contribution in [1.29, 1.82) is 0 Å². The van der Waals surface area contributed by atoms with Crippen LogP contribution in [0.2, 0.25) is 0 Å². The van der Waals surface area contributed by atoms with E-state index in [-0.39, 0.29) is 5.82 Å². The number of hydrogen-bond donors (Lipinski definition) is 1. The van der Waals surface area contributed by atoms with Gasteiger partial charge in [-0.3, -0.25) is 0 Å². The summed E-state index contributed by atoms with van der Waals surface area (Å²) in [6.07, 6.45) is 5.01. The molecule has 0 unspecified atom stereocenters. The fourth-order valence-electron chi connectivity index (χ4n) is 1.94. The molecule has 1 aliphatic carbocycles. The van der Waals surface area contributed by atoms with Crippen molar-refractivity contribution in [3.8, 4) is 0 Å². The minimum atomic E-state index is -0.524. The number of rotatable bonds is 7. The van der Waals surface area contributed by atoms with Crippen LogP contribution in [0, 0.1) is 5.41 Å². The first kappa shape index (κ1) is 13.7. The van der Waals surface area contributed by atoms with Gasteiger partial charge in [-0.2, -0.15) is 0 Å². The van der Waals surface area contributed by atoms with Crippen molar-refractivity contribution in [1.82, 2.24) is 9.97 Å². The third-order valence-corrected chi connectivity index (χ3v) is 3.46. The Morgan fingerprint density at radius 2 is 2.26 bits per heavy atom. The molecule has 0 saturated heterocycles. The molecule has 0 bridgehead atoms. The molecule has 1 heterocycles. The van der Waals surface area contributed by atoms with E-state index >= 15 is 0 Å². The van der Waals surface area contributed by atoms with Crippen molar-refractivity contribution in [2.45, 2.75) is 19.3 Å². The fourth-order valence-corrected chi connectivity index (χ4v) is 1.94. The van der Waals surface area contributed by atoms with Gasteiger partial charge in [0.05, 0.1) is 7.11 Å². The lowest BCUT2D eigenvalue weighted by Crippen LogP contribution is -2.18. The standard InChI is InChI=1S/C13H19N3O3/c1-18-8-6-13(4-5-13)9-15-10-3-7-14-11(16-10)12(17)19-2/h3,7H,4-6,8-9H2,1-2H3,(H,14,15,16). The summed E-state index contributed by atoms with van der Waals surface area (Å²) in [4.78, 5) is 19.3. The Balaban J connectivity index is 1.91. The number of methoxy groups -OCH3 is 2. The molecular weight excluding hydrogens is 246 g/mol. The van der Waals surface area contributed by atoms with Crippen molar-refractivity contribution >= 4 is 11.8 Å². The molecule has 1 fully saturated rings. The molecule has 0 aromatic carbocycles. The molecule has 1 saturated carbocycles. The van der Waals surface area contributed by atoms with E-state index in [1.54, 1.807) is 19.4 Å². The summed E-state index contributed by atoms with van der Waals surface area (Å²) in [7, 11) is 3.03. The molecule has 6 nitrogen and oxygen atoms in total. The maximum Gasteiger partial charge on any atom is 0.376 e. The van der Waals surface area contributed by atoms with E-state index in [0.29, 0.717) is 11.2 Å². The smallest absolute Gasteiger partial charge is 0.376 e. The maximum absolute atomic E-state index is 11.3. The predicted octanol–water partition coefficient (Wildman–Crippen LogP) is 1.49. The van der Waals surface area contributed by atoms with Crippen molar-refractivity contribution in [3.05, 3.63) is 18.1 Å². The maximum atomic E-state index is 11.3. The van der Waals surface area contributed by atoms with E-state index in [2.05, 4.69) is 20.0 Å². The highest BCUT2D eigenvalue weighted by Gasteiger charge is 2.41. The molecule has 19 heavy (non-hydrogen) atoms. The molecular formula is C13H19N3O3. The summed E-state index contributed by atoms with van der Waals surface area (Å²) in [5, 5.41) is 3.26. The molecule has 0 radical (unpaired) electrons. The Labute approximate surface area is 112 Å². The topological polar surface area (TPSA) is 73.3 Å². The summed E-state index contributed by atoms with van der Waals surface area (Å²) < 4.78 is 9.71. The number of carbonyl (C=O) groups is 1. The summed E-state index contributed by atoms with van der Waals surface area (Å²) in [5.41, 5.74) is 0.326. The number of hydrogen-bond acceptors (Lipinski definition) is 6. The van der Waals surface area contributed by atoms with E-state index < -0.39 is 5.97 Å². The van der Waals surface area contributed by atoms with E-state index in [4.69, 9.17) is 4.74 Å². The Bertz CT molecular complexity index is 447. The first-order valence-corrected chi connectivity index (χ1v) is 6.33. The number of esters is 1. The Morgan fingerprint density at radius 3 is 2.89 bits per heavy atom. The van der Waals surface area contributed by atoms with Gasteiger partial charge in [0, 0.05) is 26.5 Å². The average molecular weight is 265 g/mol. The minimum absolute atomic E-state index is 0.0780. The Morgan fingerprint density at radius 1 is 1.47 bits per heavy atom. The largest absolute Gasteiger partial charge is 0.463 e. The summed E-state index contributed by atoms with van der Waals surface area (Å²) in [6, 6.07) is 1.75. The van der Waals surface area contributed by atoms with Crippen LogP contribution >= 0.6 is 0 Å². The van der Waals surface area contributed by atoms with Gasteiger partial charge in [-0.15, -0.1) is 0 Å². The van der Waals surface area contributed by atoms with E-state index in [1.165, 1.54) is 20.0 Å². The van der Waals surface area contributed by atoms with Crippen LogP contribution in [-0.4, -0.2) is 43.3 Å². The molecule has 0 spiro atoms. The van der Waals surface area contributed by atoms with E-state index in [0.717, 1.165) is 19.6 Å². The molecule has 0 atom stereocenters. The van der Waals surface area contributed by atoms with Crippen LogP contribution in [0.15, 0.2) is 12.3 Å². The number of anilines is 1. The quantitative estimate of drug-likeness (QED) is 0.753. The Kier molecular flexibility index (Phi) is 4.31. The van der Waals surface area contributed by atoms with Crippen LogP contribution in [-0.2, 0) is 9.47 Å². The lowest BCUT2D eigenvalue weighted by Gasteiger charge is -2.15. The first-order chi connectivity index (χ1) is 9.19. The highest BCUT2D eigenvalue weighted by Crippen LogP contribution is 2.48. The van der Waals surface area contributed by atoms with Crippen molar-refractivity contribution in [2.75, 3.05) is 32.7 Å². The number of nitrogens with zero attached hydrogens (tertiary/aromatic N) is 2. The third-order valence-electron chi connectivity index (χ3n) is 3.46. The van der Waals surface area contributed by atoms with E-state index in [9.17, 15) is 4.79 Å². The molecule has 1 aromatic rings. The Hall–Kier alpha value is -1.69. The van der Waals surface area contributed by atoms with Crippen molar-refractivity contribution in [2.24, 2.45) is 5.41 Å². The van der Waals surface area contributed by atoms with Crippen LogP contribution < -0.4 is 5.32 Å². The lowest BCUT2D eigenvalue weighted by molar-refractivity contribution is 0.0587. The summed E-state index contributed by atoms with van der Waals surface area (Å²) in [6.45, 7) is 1.62. The van der Waals surface area contributed by atoms with Crippen LogP contribution in [0.3, 0.4) is 0 Å². The van der Waals surface area contributed by atoms with Gasteiger partial charge >= 0.3 is 5.97 Å². The van der Waals surface area contributed by atoms with Crippen LogP contribution in [0.4, 0.5) is 5.82 Å². The first-order valence-electron chi connectivity index (χ1n) is 6.33. The van der Waals surface area contributed by atoms with Crippen LogP contribution in [0.1, 0.15) is 29.9 Å². The van der Waals surface area contributed by atoms with Gasteiger partial charge in [-0.25, -0.2) is 14.8 Å². The zero-order chi connectivity index (χ0) is 13.7. The number of nitrogens with one attached hydrogen (secondary N) is 1. The zero-order valence-corrected chi connectivity index (χ0v) is 11.3. The molecule has 2 rings (SSSR count). The highest BCUT2D eigenvalue weighted by molar-refractivity contribution is 5.85. The zero-order valence-electron chi connectivity index (χ0n) is 11.3. The van der Waals surface area contributed by atoms with E-state index in [1.807, 2.05) is 0 Å². The molecule has 1 aromatic heterocycles. The number of aromatic nitrogens is 2. The molecule has 0 aliphatic heterocycles. The third kappa shape index (κ3) is 3.64. The number of carbonyl (C=O) groups excluding carboxylic acids is 1.